The van der Waals surface area contributed by atoms with Crippen LogP contribution in [0.3, 0.4) is 0 Å². The summed E-state index contributed by atoms with van der Waals surface area (Å²) in [5.74, 6) is 2.66. The molecule has 14 rings (SSSR count). The molecule has 12 heteroatoms. The van der Waals surface area contributed by atoms with E-state index in [0.717, 1.165) is 115 Å². The number of carbonyl (C=O) groups is 4. The molecule has 0 aliphatic heterocycles. The molecule has 0 aromatic heterocycles. The minimum Gasteiger partial charge on any atom is -0.497 e. The molecule has 4 aliphatic rings. The molecule has 0 N–H and O–H groups in total. The Bertz CT molecular complexity index is 4160. The zero-order valence-corrected chi connectivity index (χ0v) is 51.4. The highest BCUT2D eigenvalue weighted by Crippen LogP contribution is 2.67. The van der Waals surface area contributed by atoms with Crippen molar-refractivity contribution in [2.75, 3.05) is 48.0 Å². The second-order valence-electron chi connectivity index (χ2n) is 23.0. The first-order valence-electron chi connectivity index (χ1n) is 30.4. The van der Waals surface area contributed by atoms with Crippen LogP contribution in [0.1, 0.15) is 52.6 Å². The molecule has 0 atom stereocenters. The van der Waals surface area contributed by atoms with Crippen LogP contribution < -0.4 is 38.5 Å². The topological polar surface area (TPSA) is 118 Å². The van der Waals surface area contributed by atoms with Crippen LogP contribution in [0.25, 0.3) is 11.1 Å². The smallest absolute Gasteiger partial charge is 0.161 e. The van der Waals surface area contributed by atoms with Gasteiger partial charge in [0.2, 0.25) is 0 Å². The molecule has 10 aromatic carbocycles. The lowest BCUT2D eigenvalue weighted by Crippen LogP contribution is -2.57. The highest BCUT2D eigenvalue weighted by atomic mass is 16.5. The molecule has 10 aromatic rings. The maximum atomic E-state index is 12.6. The van der Waals surface area contributed by atoms with Gasteiger partial charge in [0.25, 0.3) is 0 Å². The van der Waals surface area contributed by atoms with Crippen molar-refractivity contribution in [2.45, 2.75) is 16.7 Å². The van der Waals surface area contributed by atoms with E-state index in [0.29, 0.717) is 45.3 Å². The Labute approximate surface area is 539 Å². The van der Waals surface area contributed by atoms with Crippen molar-refractivity contribution >= 4 is 70.6 Å². The number of ether oxygens (including phenoxy) is 4. The molecule has 0 saturated heterocycles. The Hall–Kier alpha value is -12.0. The lowest BCUT2D eigenvalue weighted by molar-refractivity contribution is 0.111. The van der Waals surface area contributed by atoms with Crippen molar-refractivity contribution in [3.8, 4) is 34.1 Å². The Balaban J connectivity index is 1.16. The minimum atomic E-state index is -1.37. The first-order valence-corrected chi connectivity index (χ1v) is 30.4. The summed E-state index contributed by atoms with van der Waals surface area (Å²) in [4.78, 5) is 59.5. The third-order valence-corrected chi connectivity index (χ3v) is 18.2. The van der Waals surface area contributed by atoms with E-state index in [-0.39, 0.29) is 0 Å². The van der Waals surface area contributed by atoms with Crippen LogP contribution in [0, 0.1) is 0 Å². The Morgan fingerprint density at radius 1 is 0.290 bits per heavy atom. The number of nitrogens with zero attached hydrogens (tertiary/aromatic N) is 4. The van der Waals surface area contributed by atoms with Gasteiger partial charge in [0.1, 0.15) is 48.1 Å². The maximum Gasteiger partial charge on any atom is 0.161 e. The van der Waals surface area contributed by atoms with Crippen LogP contribution in [-0.4, -0.2) is 64.9 Å². The highest BCUT2D eigenvalue weighted by molar-refractivity contribution is 5.96. The van der Waals surface area contributed by atoms with Gasteiger partial charge in [-0.3, -0.25) is 19.2 Å². The molecular weight excluding hydrogens is 1160 g/mol. The van der Waals surface area contributed by atoms with Gasteiger partial charge in [-0.05, 0) is 263 Å². The zero-order chi connectivity index (χ0) is 63.8. The molecular formula is C81H62N4O8. The number of aldehydes is 4. The molecule has 1 spiro atoms. The third kappa shape index (κ3) is 9.69. The van der Waals surface area contributed by atoms with E-state index in [1.165, 1.54) is 0 Å². The summed E-state index contributed by atoms with van der Waals surface area (Å²) in [6.07, 6.45) is 17.3. The van der Waals surface area contributed by atoms with E-state index in [4.69, 9.17) is 18.9 Å². The predicted octanol–water partition coefficient (Wildman–Crippen LogP) is 17.3. The third-order valence-electron chi connectivity index (χ3n) is 18.2. The number of methoxy groups -OCH3 is 4. The Morgan fingerprint density at radius 2 is 0.516 bits per heavy atom. The first kappa shape index (κ1) is 58.7. The molecule has 0 heterocycles. The quantitative estimate of drug-likeness (QED) is 0.0534. The van der Waals surface area contributed by atoms with Gasteiger partial charge in [-0.25, -0.2) is 0 Å². The van der Waals surface area contributed by atoms with E-state index in [9.17, 15) is 19.2 Å². The fourth-order valence-corrected chi connectivity index (χ4v) is 14.1. The van der Waals surface area contributed by atoms with E-state index >= 15 is 0 Å². The lowest BCUT2D eigenvalue weighted by atomic mass is 9.66. The maximum absolute atomic E-state index is 12.6. The summed E-state index contributed by atoms with van der Waals surface area (Å²) in [5.41, 5.74) is 12.5. The van der Waals surface area contributed by atoms with E-state index in [2.05, 4.69) is 105 Å². The molecule has 0 radical (unpaired) electrons. The SMILES string of the molecule is COc1ccc(N(c2ccc(C=O)cc2)C2(N(c3ccc(C=O)cc3)c3ccc(OC)cc3)C=CC3=C4C=CC(N(c5ccc(C=O)cc5)c5ccc(OC)cc5)(N(c5ccc(C=O)cc5)c5ccc(OC)cc5)C=C4C4(C3=C2)c2ccccc2-c2ccccc24)cc1. The Kier molecular flexibility index (Phi) is 15.2. The van der Waals surface area contributed by atoms with Gasteiger partial charge in [-0.15, -0.1) is 0 Å². The van der Waals surface area contributed by atoms with Gasteiger partial charge < -0.3 is 38.5 Å². The molecule has 0 fully saturated rings. The standard InChI is InChI=1S/C81H62N4O8/c1-90-67-37-29-63(30-38-67)82(59-21-13-55(51-86)14-22-59)79(83(60-23-15-56(52-87)16-24-60)64-31-39-68(91-2)40-32-64)47-45-73-74-46-48-80(84(61-25-17-57(53-88)18-26-61)65-33-41-69(92-3)42-34-65,85(62-27-19-58(54-89)20-28-62)66-35-43-70(93-4)44-36-66)50-78(74)81(77(73)49-79)75-11-7-5-9-71(75)72-10-6-8-12-76(72)81/h5-54H,1-4H3. The summed E-state index contributed by atoms with van der Waals surface area (Å²) in [6, 6.07) is 79.9. The van der Waals surface area contributed by atoms with Gasteiger partial charge in [0, 0.05) is 67.8 Å². The molecule has 0 saturated carbocycles. The van der Waals surface area contributed by atoms with Crippen molar-refractivity contribution < 1.29 is 38.1 Å². The van der Waals surface area contributed by atoms with Crippen molar-refractivity contribution in [1.29, 1.82) is 0 Å². The largest absolute Gasteiger partial charge is 0.497 e. The van der Waals surface area contributed by atoms with Crippen molar-refractivity contribution in [2.24, 2.45) is 0 Å². The van der Waals surface area contributed by atoms with E-state index in [1.807, 2.05) is 194 Å². The molecule has 0 unspecified atom stereocenters. The molecule has 4 aliphatic carbocycles. The van der Waals surface area contributed by atoms with Gasteiger partial charge in [-0.1, -0.05) is 60.7 Å². The van der Waals surface area contributed by atoms with Crippen LogP contribution in [0.5, 0.6) is 23.0 Å². The van der Waals surface area contributed by atoms with Gasteiger partial charge in [-0.2, -0.15) is 0 Å². The van der Waals surface area contributed by atoms with Crippen molar-refractivity contribution in [1.82, 2.24) is 0 Å². The second kappa shape index (κ2) is 24.1. The molecule has 454 valence electrons. The molecule has 12 nitrogen and oxygen atoms in total. The average Bonchev–Trinajstić information content (AvgIpc) is 1.51. The minimum absolute atomic E-state index is 0.510. The number of fused-ring (bicyclic) bond motifs is 9. The normalized spacial score (nSPS) is 14.7. The fourth-order valence-electron chi connectivity index (χ4n) is 14.1. The van der Waals surface area contributed by atoms with E-state index < -0.39 is 16.7 Å². The zero-order valence-electron chi connectivity index (χ0n) is 51.4. The monoisotopic (exact) mass is 1220 g/mol. The second-order valence-corrected chi connectivity index (χ2v) is 23.0. The first-order chi connectivity index (χ1) is 45.6. The molecule has 93 heavy (non-hydrogen) atoms. The number of anilines is 8. The lowest BCUT2D eigenvalue weighted by Gasteiger charge is -2.52. The molecule has 0 amide bonds. The number of hydrogen-bond acceptors (Lipinski definition) is 12. The van der Waals surface area contributed by atoms with E-state index in [1.54, 1.807) is 28.4 Å². The van der Waals surface area contributed by atoms with Gasteiger partial charge in [0.15, 0.2) is 11.3 Å². The van der Waals surface area contributed by atoms with Crippen LogP contribution in [-0.2, 0) is 5.41 Å². The molecule has 0 bridgehead atoms. The number of hydrogen-bond donors (Lipinski definition) is 0. The van der Waals surface area contributed by atoms with Crippen LogP contribution in [0.2, 0.25) is 0 Å². The average molecular weight is 1220 g/mol. The predicted molar refractivity (Wildman–Crippen MR) is 367 cm³/mol. The number of rotatable bonds is 20. The number of allylic oxidation sites excluding steroid dienone is 6. The van der Waals surface area contributed by atoms with Gasteiger partial charge >= 0.3 is 0 Å². The van der Waals surface area contributed by atoms with Crippen LogP contribution in [0.15, 0.2) is 301 Å². The summed E-state index contributed by atoms with van der Waals surface area (Å²) >= 11 is 0. The van der Waals surface area contributed by atoms with Crippen molar-refractivity contribution in [3.63, 3.8) is 0 Å². The summed E-state index contributed by atoms with van der Waals surface area (Å²) in [6.45, 7) is 0. The Morgan fingerprint density at radius 3 is 0.742 bits per heavy atom. The summed E-state index contributed by atoms with van der Waals surface area (Å²) in [5, 5.41) is 0. The highest BCUT2D eigenvalue weighted by Gasteiger charge is 2.60. The van der Waals surface area contributed by atoms with Crippen molar-refractivity contribution in [3.05, 3.63) is 335 Å². The van der Waals surface area contributed by atoms with Crippen LogP contribution >= 0.6 is 0 Å². The number of carbonyl (C=O) groups excluding carboxylic acids is 4. The summed E-state index contributed by atoms with van der Waals surface area (Å²) in [7, 11) is 6.60. The number of benzene rings is 10. The fraction of sp³-hybridized carbons (Fsp3) is 0.0864. The van der Waals surface area contributed by atoms with Crippen LogP contribution in [0.4, 0.5) is 45.5 Å². The summed E-state index contributed by atoms with van der Waals surface area (Å²) < 4.78 is 23.3. The van der Waals surface area contributed by atoms with Gasteiger partial charge in [0.05, 0.1) is 33.9 Å².